The number of nitrogens with zero attached hydrogens (tertiary/aromatic N) is 2. The van der Waals surface area contributed by atoms with Crippen molar-refractivity contribution < 1.29 is 17.9 Å². The first-order valence-electron chi connectivity index (χ1n) is 8.52. The van der Waals surface area contributed by atoms with Gasteiger partial charge in [0.05, 0.1) is 17.6 Å². The summed E-state index contributed by atoms with van der Waals surface area (Å²) < 4.78 is 32.4. The van der Waals surface area contributed by atoms with Gasteiger partial charge >= 0.3 is 5.97 Å². The molecule has 0 aliphatic carbocycles. The Morgan fingerprint density at radius 1 is 1.07 bits per heavy atom. The molecule has 2 aromatic rings. The number of benzene rings is 2. The highest BCUT2D eigenvalue weighted by atomic mass is 35.5. The molecule has 1 heterocycles. The zero-order chi connectivity index (χ0) is 19.6. The van der Waals surface area contributed by atoms with E-state index in [4.69, 9.17) is 16.3 Å². The van der Waals surface area contributed by atoms with E-state index in [1.165, 1.54) is 17.5 Å². The molecule has 8 heteroatoms. The molecule has 0 bridgehead atoms. The molecule has 1 fully saturated rings. The van der Waals surface area contributed by atoms with E-state index in [1.54, 1.807) is 19.1 Å². The van der Waals surface area contributed by atoms with Crippen molar-refractivity contribution in [2.24, 2.45) is 0 Å². The van der Waals surface area contributed by atoms with Crippen LogP contribution in [0.5, 0.6) is 0 Å². The highest BCUT2D eigenvalue weighted by Crippen LogP contribution is 2.25. The molecule has 0 N–H and O–H groups in total. The van der Waals surface area contributed by atoms with Gasteiger partial charge in [-0.25, -0.2) is 13.2 Å². The molecule has 1 aliphatic heterocycles. The lowest BCUT2D eigenvalue weighted by atomic mass is 10.1. The van der Waals surface area contributed by atoms with Gasteiger partial charge in [0, 0.05) is 36.9 Å². The second-order valence-electron chi connectivity index (χ2n) is 6.34. The van der Waals surface area contributed by atoms with E-state index in [-0.39, 0.29) is 10.5 Å². The van der Waals surface area contributed by atoms with E-state index in [2.05, 4.69) is 4.90 Å². The maximum Gasteiger partial charge on any atom is 0.337 e. The zero-order valence-electron chi connectivity index (χ0n) is 15.2. The van der Waals surface area contributed by atoms with E-state index >= 15 is 0 Å². The van der Waals surface area contributed by atoms with Gasteiger partial charge in [-0.15, -0.1) is 0 Å². The highest BCUT2D eigenvalue weighted by Gasteiger charge is 2.30. The van der Waals surface area contributed by atoms with Crippen LogP contribution in [0.15, 0.2) is 47.4 Å². The van der Waals surface area contributed by atoms with Gasteiger partial charge in [-0.3, -0.25) is 0 Å². The summed E-state index contributed by atoms with van der Waals surface area (Å²) in [4.78, 5) is 14.0. The number of piperazine rings is 1. The Morgan fingerprint density at radius 2 is 1.78 bits per heavy atom. The third-order valence-electron chi connectivity index (χ3n) is 4.64. The first kappa shape index (κ1) is 19.7. The number of hydrogen-bond donors (Lipinski definition) is 0. The number of sulfonamides is 1. The number of ether oxygens (including phenoxy) is 1. The lowest BCUT2D eigenvalue weighted by Crippen LogP contribution is -2.48. The van der Waals surface area contributed by atoms with Crippen LogP contribution in [0.4, 0.5) is 5.69 Å². The molecular weight excluding hydrogens is 388 g/mol. The van der Waals surface area contributed by atoms with Crippen molar-refractivity contribution in [3.8, 4) is 0 Å². The van der Waals surface area contributed by atoms with Crippen molar-refractivity contribution in [1.29, 1.82) is 0 Å². The van der Waals surface area contributed by atoms with Crippen molar-refractivity contribution in [3.05, 3.63) is 58.6 Å². The number of aryl methyl sites for hydroxylation is 1. The summed E-state index contributed by atoms with van der Waals surface area (Å²) in [5.74, 6) is -0.558. The number of esters is 1. The lowest BCUT2D eigenvalue weighted by molar-refractivity contribution is 0.0600. The number of hydrogen-bond acceptors (Lipinski definition) is 5. The van der Waals surface area contributed by atoms with Crippen LogP contribution in [0.3, 0.4) is 0 Å². The van der Waals surface area contributed by atoms with E-state index < -0.39 is 16.0 Å². The minimum absolute atomic E-state index is 0.140. The third kappa shape index (κ3) is 4.10. The summed E-state index contributed by atoms with van der Waals surface area (Å²) in [5.41, 5.74) is 1.79. The van der Waals surface area contributed by atoms with E-state index in [9.17, 15) is 13.2 Å². The maximum absolute atomic E-state index is 13.1. The molecule has 0 radical (unpaired) electrons. The SMILES string of the molecule is COC(=O)c1ccc(C)c(S(=O)(=O)N2CCN(c3cccc(Cl)c3)CC2)c1. The van der Waals surface area contributed by atoms with Gasteiger partial charge in [0.25, 0.3) is 0 Å². The number of anilines is 1. The Hall–Kier alpha value is -2.09. The first-order valence-corrected chi connectivity index (χ1v) is 10.3. The number of carbonyl (C=O) groups excluding carboxylic acids is 1. The van der Waals surface area contributed by atoms with Crippen LogP contribution in [0.25, 0.3) is 0 Å². The predicted octanol–water partition coefficient (Wildman–Crippen LogP) is 2.95. The molecule has 2 aromatic carbocycles. The molecule has 0 atom stereocenters. The average Bonchev–Trinajstić information content (AvgIpc) is 2.67. The van der Waals surface area contributed by atoms with Crippen LogP contribution in [0.1, 0.15) is 15.9 Å². The standard InChI is InChI=1S/C19H21ClN2O4S/c1-14-6-7-15(19(23)26-2)12-18(14)27(24,25)22-10-8-21(9-11-22)17-5-3-4-16(20)13-17/h3-7,12-13H,8-11H2,1-2H3. The summed E-state index contributed by atoms with van der Waals surface area (Å²) in [6, 6.07) is 12.1. The fourth-order valence-corrected chi connectivity index (χ4v) is 4.98. The minimum atomic E-state index is -3.70. The Bertz CT molecular complexity index is 954. The number of halogens is 1. The van der Waals surface area contributed by atoms with Gasteiger partial charge in [-0.2, -0.15) is 4.31 Å². The molecular formula is C19H21ClN2O4S. The normalized spacial score (nSPS) is 15.6. The van der Waals surface area contributed by atoms with Crippen LogP contribution >= 0.6 is 11.6 Å². The molecule has 6 nitrogen and oxygen atoms in total. The number of rotatable bonds is 4. The predicted molar refractivity (Wildman–Crippen MR) is 105 cm³/mol. The Morgan fingerprint density at radius 3 is 2.41 bits per heavy atom. The van der Waals surface area contributed by atoms with Gasteiger partial charge in [0.1, 0.15) is 0 Å². The lowest BCUT2D eigenvalue weighted by Gasteiger charge is -2.35. The van der Waals surface area contributed by atoms with Crippen molar-refractivity contribution >= 4 is 33.3 Å². The second kappa shape index (κ2) is 7.88. The van der Waals surface area contributed by atoms with Crippen molar-refractivity contribution in [1.82, 2.24) is 4.31 Å². The molecule has 0 unspecified atom stereocenters. The van der Waals surface area contributed by atoms with E-state index in [0.29, 0.717) is 36.8 Å². The Labute approximate surface area is 164 Å². The summed E-state index contributed by atoms with van der Waals surface area (Å²) in [6.45, 7) is 3.56. The van der Waals surface area contributed by atoms with Crippen LogP contribution in [-0.4, -0.2) is 52.0 Å². The van der Waals surface area contributed by atoms with Crippen LogP contribution in [0.2, 0.25) is 5.02 Å². The molecule has 3 rings (SSSR count). The summed E-state index contributed by atoms with van der Waals surface area (Å²) in [5, 5.41) is 0.651. The average molecular weight is 409 g/mol. The molecule has 144 valence electrons. The third-order valence-corrected chi connectivity index (χ3v) is 6.91. The van der Waals surface area contributed by atoms with E-state index in [0.717, 1.165) is 5.69 Å². The van der Waals surface area contributed by atoms with Gasteiger partial charge in [-0.1, -0.05) is 23.7 Å². The van der Waals surface area contributed by atoms with Crippen LogP contribution in [-0.2, 0) is 14.8 Å². The summed E-state index contributed by atoms with van der Waals surface area (Å²) >= 11 is 6.04. The zero-order valence-corrected chi connectivity index (χ0v) is 16.8. The second-order valence-corrected chi connectivity index (χ2v) is 8.69. The molecule has 1 aliphatic rings. The molecule has 27 heavy (non-hydrogen) atoms. The molecule has 0 saturated carbocycles. The minimum Gasteiger partial charge on any atom is -0.465 e. The van der Waals surface area contributed by atoms with Gasteiger partial charge < -0.3 is 9.64 Å². The Kier molecular flexibility index (Phi) is 5.74. The Balaban J connectivity index is 1.80. The van der Waals surface area contributed by atoms with Gasteiger partial charge in [-0.05, 0) is 42.8 Å². The monoisotopic (exact) mass is 408 g/mol. The fourth-order valence-electron chi connectivity index (χ4n) is 3.12. The number of carbonyl (C=O) groups is 1. The van der Waals surface area contributed by atoms with Crippen molar-refractivity contribution in [3.63, 3.8) is 0 Å². The topological polar surface area (TPSA) is 66.9 Å². The van der Waals surface area contributed by atoms with Crippen molar-refractivity contribution in [2.75, 3.05) is 38.2 Å². The first-order chi connectivity index (χ1) is 12.8. The maximum atomic E-state index is 13.1. The number of methoxy groups -OCH3 is 1. The summed E-state index contributed by atoms with van der Waals surface area (Å²) in [7, 11) is -2.43. The largest absolute Gasteiger partial charge is 0.465 e. The van der Waals surface area contributed by atoms with Crippen molar-refractivity contribution in [2.45, 2.75) is 11.8 Å². The smallest absolute Gasteiger partial charge is 0.337 e. The molecule has 1 saturated heterocycles. The molecule has 0 spiro atoms. The van der Waals surface area contributed by atoms with Crippen LogP contribution < -0.4 is 4.90 Å². The van der Waals surface area contributed by atoms with E-state index in [1.807, 2.05) is 24.3 Å². The molecule has 0 aromatic heterocycles. The molecule has 0 amide bonds. The van der Waals surface area contributed by atoms with Crippen LogP contribution in [0, 0.1) is 6.92 Å². The fraction of sp³-hybridized carbons (Fsp3) is 0.316. The summed E-state index contributed by atoms with van der Waals surface area (Å²) in [6.07, 6.45) is 0. The quantitative estimate of drug-likeness (QED) is 0.727. The van der Waals surface area contributed by atoms with Gasteiger partial charge in [0.2, 0.25) is 10.0 Å². The van der Waals surface area contributed by atoms with Gasteiger partial charge in [0.15, 0.2) is 0 Å². The highest BCUT2D eigenvalue weighted by molar-refractivity contribution is 7.89.